The number of nitrogens with two attached hydrogens (primary N) is 1. The summed E-state index contributed by atoms with van der Waals surface area (Å²) in [5, 5.41) is 11.7. The van der Waals surface area contributed by atoms with Gasteiger partial charge in [-0.25, -0.2) is 4.98 Å². The molecule has 3 N–H and O–H groups in total. The SMILES string of the molecule is CCC1(CC)CCN(c2cccc(C(N)=NO)n2)C1. The molecule has 19 heavy (non-hydrogen) atoms. The van der Waals surface area contributed by atoms with Crippen molar-refractivity contribution < 1.29 is 5.21 Å². The fraction of sp³-hybridized carbons (Fsp3) is 0.571. The minimum Gasteiger partial charge on any atom is -0.409 e. The summed E-state index contributed by atoms with van der Waals surface area (Å²) in [5.41, 5.74) is 6.52. The first kappa shape index (κ1) is 13.6. The van der Waals surface area contributed by atoms with E-state index in [1.165, 1.54) is 19.3 Å². The second-order valence-corrected chi connectivity index (χ2v) is 5.24. The zero-order chi connectivity index (χ0) is 13.9. The highest BCUT2D eigenvalue weighted by Gasteiger charge is 2.35. The van der Waals surface area contributed by atoms with Crippen LogP contribution in [0.5, 0.6) is 0 Å². The van der Waals surface area contributed by atoms with Gasteiger partial charge >= 0.3 is 0 Å². The van der Waals surface area contributed by atoms with Crippen molar-refractivity contribution in [3.8, 4) is 0 Å². The number of anilines is 1. The smallest absolute Gasteiger partial charge is 0.188 e. The number of amidine groups is 1. The maximum Gasteiger partial charge on any atom is 0.188 e. The van der Waals surface area contributed by atoms with E-state index in [0.29, 0.717) is 11.1 Å². The molecule has 1 aliphatic rings. The molecule has 0 unspecified atom stereocenters. The van der Waals surface area contributed by atoms with Crippen LogP contribution in [0, 0.1) is 5.41 Å². The number of oxime groups is 1. The molecule has 1 saturated heterocycles. The number of hydrogen-bond donors (Lipinski definition) is 2. The molecule has 0 spiro atoms. The van der Waals surface area contributed by atoms with Crippen LogP contribution in [0.2, 0.25) is 0 Å². The predicted molar refractivity (Wildman–Crippen MR) is 76.6 cm³/mol. The van der Waals surface area contributed by atoms with E-state index in [2.05, 4.69) is 28.9 Å². The second kappa shape index (κ2) is 5.47. The zero-order valence-electron chi connectivity index (χ0n) is 11.6. The van der Waals surface area contributed by atoms with E-state index in [9.17, 15) is 0 Å². The molecule has 104 valence electrons. The number of nitrogens with zero attached hydrogens (tertiary/aromatic N) is 3. The molecule has 5 heteroatoms. The van der Waals surface area contributed by atoms with Gasteiger partial charge in [0.2, 0.25) is 0 Å². The predicted octanol–water partition coefficient (Wildman–Crippen LogP) is 2.19. The Morgan fingerprint density at radius 1 is 1.47 bits per heavy atom. The lowest BCUT2D eigenvalue weighted by Gasteiger charge is -2.26. The summed E-state index contributed by atoms with van der Waals surface area (Å²) < 4.78 is 0. The lowest BCUT2D eigenvalue weighted by Crippen LogP contribution is -2.27. The largest absolute Gasteiger partial charge is 0.409 e. The molecule has 0 saturated carbocycles. The Kier molecular flexibility index (Phi) is 3.93. The lowest BCUT2D eigenvalue weighted by molar-refractivity contribution is 0.301. The van der Waals surface area contributed by atoms with Crippen LogP contribution < -0.4 is 10.6 Å². The average molecular weight is 262 g/mol. The Labute approximate surface area is 114 Å². The molecular formula is C14H22N4O. The van der Waals surface area contributed by atoms with E-state index in [1.54, 1.807) is 6.07 Å². The van der Waals surface area contributed by atoms with Gasteiger partial charge in [-0.3, -0.25) is 0 Å². The van der Waals surface area contributed by atoms with Crippen LogP contribution in [0.1, 0.15) is 38.8 Å². The molecule has 0 atom stereocenters. The number of aromatic nitrogens is 1. The first-order valence-corrected chi connectivity index (χ1v) is 6.84. The van der Waals surface area contributed by atoms with Gasteiger partial charge in [-0.1, -0.05) is 25.1 Å². The summed E-state index contributed by atoms with van der Waals surface area (Å²) in [4.78, 5) is 6.76. The van der Waals surface area contributed by atoms with Crippen LogP contribution in [0.15, 0.2) is 23.4 Å². The van der Waals surface area contributed by atoms with Crippen LogP contribution in [0.4, 0.5) is 5.82 Å². The second-order valence-electron chi connectivity index (χ2n) is 5.24. The van der Waals surface area contributed by atoms with Crippen LogP contribution in [-0.4, -0.2) is 29.1 Å². The van der Waals surface area contributed by atoms with Crippen LogP contribution >= 0.6 is 0 Å². The fourth-order valence-electron chi connectivity index (χ4n) is 2.75. The summed E-state index contributed by atoms with van der Waals surface area (Å²) in [5.74, 6) is 0.964. The number of pyridine rings is 1. The molecule has 1 aliphatic heterocycles. The van der Waals surface area contributed by atoms with E-state index in [4.69, 9.17) is 10.9 Å². The highest BCUT2D eigenvalue weighted by molar-refractivity contribution is 5.95. The van der Waals surface area contributed by atoms with Crippen molar-refractivity contribution in [3.05, 3.63) is 23.9 Å². The summed E-state index contributed by atoms with van der Waals surface area (Å²) in [6.45, 7) is 6.57. The molecule has 0 aliphatic carbocycles. The molecule has 0 amide bonds. The molecule has 1 aromatic rings. The van der Waals surface area contributed by atoms with Gasteiger partial charge in [-0.05, 0) is 36.8 Å². The van der Waals surface area contributed by atoms with E-state index in [-0.39, 0.29) is 5.84 Å². The maximum absolute atomic E-state index is 8.71. The molecular weight excluding hydrogens is 240 g/mol. The summed E-state index contributed by atoms with van der Waals surface area (Å²) >= 11 is 0. The molecule has 0 bridgehead atoms. The van der Waals surface area contributed by atoms with Crippen LogP contribution in [-0.2, 0) is 0 Å². The van der Waals surface area contributed by atoms with Crippen molar-refractivity contribution in [3.63, 3.8) is 0 Å². The third-order valence-electron chi connectivity index (χ3n) is 4.37. The third kappa shape index (κ3) is 2.64. The standard InChI is InChI=1S/C14H22N4O/c1-3-14(4-2)8-9-18(10-14)12-7-5-6-11(16-12)13(15)17-19/h5-7,19H,3-4,8-10H2,1-2H3,(H2,15,17). The Morgan fingerprint density at radius 2 is 2.21 bits per heavy atom. The van der Waals surface area contributed by atoms with Gasteiger partial charge in [-0.2, -0.15) is 0 Å². The zero-order valence-corrected chi connectivity index (χ0v) is 11.6. The van der Waals surface area contributed by atoms with E-state index in [0.717, 1.165) is 18.9 Å². The van der Waals surface area contributed by atoms with Crippen molar-refractivity contribution in [1.29, 1.82) is 0 Å². The Hall–Kier alpha value is -1.78. The van der Waals surface area contributed by atoms with Crippen molar-refractivity contribution in [2.45, 2.75) is 33.1 Å². The fourth-order valence-corrected chi connectivity index (χ4v) is 2.75. The van der Waals surface area contributed by atoms with Gasteiger partial charge in [0.25, 0.3) is 0 Å². The number of hydrogen-bond acceptors (Lipinski definition) is 4. The molecule has 1 fully saturated rings. The van der Waals surface area contributed by atoms with Crippen molar-refractivity contribution in [2.75, 3.05) is 18.0 Å². The van der Waals surface area contributed by atoms with E-state index >= 15 is 0 Å². The highest BCUT2D eigenvalue weighted by Crippen LogP contribution is 2.38. The first-order valence-electron chi connectivity index (χ1n) is 6.84. The summed E-state index contributed by atoms with van der Waals surface area (Å²) in [6, 6.07) is 5.63. The minimum atomic E-state index is 0.0540. The minimum absolute atomic E-state index is 0.0540. The summed E-state index contributed by atoms with van der Waals surface area (Å²) in [7, 11) is 0. The normalized spacial score (nSPS) is 18.8. The average Bonchev–Trinajstić information content (AvgIpc) is 2.92. The van der Waals surface area contributed by atoms with E-state index in [1.807, 2.05) is 12.1 Å². The van der Waals surface area contributed by atoms with Crippen molar-refractivity contribution >= 4 is 11.7 Å². The van der Waals surface area contributed by atoms with Crippen LogP contribution in [0.3, 0.4) is 0 Å². The van der Waals surface area contributed by atoms with Gasteiger partial charge in [-0.15, -0.1) is 0 Å². The van der Waals surface area contributed by atoms with Gasteiger partial charge in [0.05, 0.1) is 0 Å². The van der Waals surface area contributed by atoms with Crippen molar-refractivity contribution in [1.82, 2.24) is 4.98 Å². The van der Waals surface area contributed by atoms with Gasteiger partial charge in [0.15, 0.2) is 5.84 Å². The van der Waals surface area contributed by atoms with Gasteiger partial charge in [0.1, 0.15) is 11.5 Å². The van der Waals surface area contributed by atoms with Crippen molar-refractivity contribution in [2.24, 2.45) is 16.3 Å². The topological polar surface area (TPSA) is 74.7 Å². The van der Waals surface area contributed by atoms with E-state index < -0.39 is 0 Å². The monoisotopic (exact) mass is 262 g/mol. The highest BCUT2D eigenvalue weighted by atomic mass is 16.4. The third-order valence-corrected chi connectivity index (χ3v) is 4.37. The first-order chi connectivity index (χ1) is 9.14. The molecule has 0 aromatic carbocycles. The molecule has 2 heterocycles. The van der Waals surface area contributed by atoms with Gasteiger partial charge < -0.3 is 15.8 Å². The Morgan fingerprint density at radius 3 is 2.79 bits per heavy atom. The Bertz CT molecular complexity index is 468. The summed E-state index contributed by atoms with van der Waals surface area (Å²) in [6.07, 6.45) is 3.59. The molecule has 5 nitrogen and oxygen atoms in total. The lowest BCUT2D eigenvalue weighted by atomic mass is 9.82. The maximum atomic E-state index is 8.71. The quantitative estimate of drug-likeness (QED) is 0.377. The van der Waals surface area contributed by atoms with Crippen LogP contribution in [0.25, 0.3) is 0 Å². The van der Waals surface area contributed by atoms with Gasteiger partial charge in [0, 0.05) is 13.1 Å². The Balaban J connectivity index is 2.20. The molecule has 1 aromatic heterocycles. The number of rotatable bonds is 4. The molecule has 2 rings (SSSR count). The molecule has 0 radical (unpaired) electrons.